The Hall–Kier alpha value is -0.950. The van der Waals surface area contributed by atoms with E-state index in [1.54, 1.807) is 6.92 Å². The van der Waals surface area contributed by atoms with Crippen molar-refractivity contribution in [2.45, 2.75) is 32.2 Å². The number of carbonyl (C=O) groups excluding carboxylic acids is 1. The number of aliphatic carboxylic acids is 1. The van der Waals surface area contributed by atoms with Crippen LogP contribution in [0.4, 0.5) is 4.79 Å². The lowest BCUT2D eigenvalue weighted by molar-refractivity contribution is -0.144. The zero-order valence-corrected chi connectivity index (χ0v) is 13.1. The van der Waals surface area contributed by atoms with Gasteiger partial charge in [0.15, 0.2) is 0 Å². The summed E-state index contributed by atoms with van der Waals surface area (Å²) in [6, 6.07) is -0.408. The van der Waals surface area contributed by atoms with Crippen molar-refractivity contribution >= 4 is 23.8 Å². The zero-order chi connectivity index (χ0) is 15.0. The standard InChI is InChI=1S/C13H25N3O3S/c1-3-4-13(2,11(17)18)15-12(19)14-5-6-16-7-9-20-10-8-16/h3-10H2,1-2H3,(H,17,18)(H2,14,15,19). The van der Waals surface area contributed by atoms with E-state index < -0.39 is 17.5 Å². The Bertz CT molecular complexity index is 335. The van der Waals surface area contributed by atoms with Gasteiger partial charge >= 0.3 is 12.0 Å². The number of hydrogen-bond acceptors (Lipinski definition) is 4. The third-order valence-electron chi connectivity index (χ3n) is 3.43. The van der Waals surface area contributed by atoms with E-state index in [0.717, 1.165) is 31.1 Å². The monoisotopic (exact) mass is 303 g/mol. The van der Waals surface area contributed by atoms with Gasteiger partial charge in [-0.2, -0.15) is 11.8 Å². The summed E-state index contributed by atoms with van der Waals surface area (Å²) in [6.07, 6.45) is 1.12. The molecule has 0 aliphatic carbocycles. The van der Waals surface area contributed by atoms with Crippen LogP contribution in [0.25, 0.3) is 0 Å². The molecular weight excluding hydrogens is 278 g/mol. The third-order valence-corrected chi connectivity index (χ3v) is 4.37. The SMILES string of the molecule is CCCC(C)(NC(=O)NCCN1CCSCC1)C(=O)O. The minimum atomic E-state index is -1.19. The van der Waals surface area contributed by atoms with Crippen LogP contribution in [0.15, 0.2) is 0 Å². The zero-order valence-electron chi connectivity index (χ0n) is 12.3. The second-order valence-corrected chi connectivity index (χ2v) is 6.45. The first kappa shape index (κ1) is 17.1. The van der Waals surface area contributed by atoms with Gasteiger partial charge in [0.05, 0.1) is 0 Å². The summed E-state index contributed by atoms with van der Waals surface area (Å²) < 4.78 is 0. The molecule has 1 atom stereocenters. The van der Waals surface area contributed by atoms with Crippen molar-refractivity contribution in [2.24, 2.45) is 0 Å². The largest absolute Gasteiger partial charge is 0.480 e. The van der Waals surface area contributed by atoms with Crippen LogP contribution >= 0.6 is 11.8 Å². The molecule has 0 aromatic carbocycles. The van der Waals surface area contributed by atoms with E-state index in [4.69, 9.17) is 0 Å². The minimum absolute atomic E-state index is 0.408. The predicted molar refractivity (Wildman–Crippen MR) is 81.2 cm³/mol. The average Bonchev–Trinajstić information content (AvgIpc) is 2.40. The van der Waals surface area contributed by atoms with Gasteiger partial charge in [-0.1, -0.05) is 13.3 Å². The molecule has 1 rings (SSSR count). The van der Waals surface area contributed by atoms with Crippen LogP contribution < -0.4 is 10.6 Å². The summed E-state index contributed by atoms with van der Waals surface area (Å²) in [5, 5.41) is 14.5. The number of nitrogens with one attached hydrogen (secondary N) is 2. The molecule has 0 saturated carbocycles. The second-order valence-electron chi connectivity index (χ2n) is 5.22. The van der Waals surface area contributed by atoms with Gasteiger partial charge in [0.1, 0.15) is 5.54 Å². The molecule has 1 aliphatic heterocycles. The van der Waals surface area contributed by atoms with Crippen LogP contribution in [0.3, 0.4) is 0 Å². The quantitative estimate of drug-likeness (QED) is 0.653. The second kappa shape index (κ2) is 8.36. The number of thioether (sulfide) groups is 1. The van der Waals surface area contributed by atoms with Crippen molar-refractivity contribution in [3.63, 3.8) is 0 Å². The molecule has 0 aromatic rings. The lowest BCUT2D eigenvalue weighted by atomic mass is 9.97. The van der Waals surface area contributed by atoms with Crippen LogP contribution in [-0.4, -0.2) is 65.2 Å². The first-order valence-electron chi connectivity index (χ1n) is 7.07. The summed E-state index contributed by atoms with van der Waals surface area (Å²) in [5.74, 6) is 1.28. The molecule has 6 nitrogen and oxygen atoms in total. The molecule has 0 radical (unpaired) electrons. The molecule has 1 fully saturated rings. The van der Waals surface area contributed by atoms with Gasteiger partial charge in [-0.05, 0) is 13.3 Å². The van der Waals surface area contributed by atoms with Crippen LogP contribution in [0.5, 0.6) is 0 Å². The minimum Gasteiger partial charge on any atom is -0.480 e. The van der Waals surface area contributed by atoms with Crippen molar-refractivity contribution in [3.8, 4) is 0 Å². The molecule has 1 unspecified atom stereocenters. The van der Waals surface area contributed by atoms with Crippen LogP contribution in [-0.2, 0) is 4.79 Å². The number of carboxylic acid groups (broad SMARTS) is 1. The molecule has 7 heteroatoms. The first-order valence-corrected chi connectivity index (χ1v) is 8.23. The van der Waals surface area contributed by atoms with Crippen molar-refractivity contribution in [2.75, 3.05) is 37.7 Å². The fourth-order valence-corrected chi connectivity index (χ4v) is 3.15. The highest BCUT2D eigenvalue weighted by atomic mass is 32.2. The summed E-state index contributed by atoms with van der Waals surface area (Å²) in [5.41, 5.74) is -1.19. The molecule has 3 N–H and O–H groups in total. The van der Waals surface area contributed by atoms with Gasteiger partial charge in [-0.3, -0.25) is 4.90 Å². The van der Waals surface area contributed by atoms with E-state index in [9.17, 15) is 14.7 Å². The highest BCUT2D eigenvalue weighted by molar-refractivity contribution is 7.99. The number of carbonyl (C=O) groups is 2. The van der Waals surface area contributed by atoms with Crippen molar-refractivity contribution in [3.05, 3.63) is 0 Å². The maximum atomic E-state index is 11.8. The number of amides is 2. The summed E-state index contributed by atoms with van der Waals surface area (Å²) in [6.45, 7) is 6.90. The Balaban J connectivity index is 2.29. The molecular formula is C13H25N3O3S. The van der Waals surface area contributed by atoms with Crippen LogP contribution in [0, 0.1) is 0 Å². The molecule has 1 aliphatic rings. The van der Waals surface area contributed by atoms with Gasteiger partial charge in [0, 0.05) is 37.7 Å². The molecule has 116 valence electrons. The Kier molecular flexibility index (Phi) is 7.15. The van der Waals surface area contributed by atoms with Crippen molar-refractivity contribution in [1.29, 1.82) is 0 Å². The Morgan fingerprint density at radius 2 is 2.00 bits per heavy atom. The molecule has 20 heavy (non-hydrogen) atoms. The molecule has 1 saturated heterocycles. The van der Waals surface area contributed by atoms with Gasteiger partial charge in [0.25, 0.3) is 0 Å². The molecule has 1 heterocycles. The number of urea groups is 1. The average molecular weight is 303 g/mol. The Labute approximate surface area is 124 Å². The molecule has 0 aromatic heterocycles. The predicted octanol–water partition coefficient (Wildman–Crippen LogP) is 0.978. The van der Waals surface area contributed by atoms with Gasteiger partial charge in [-0.15, -0.1) is 0 Å². The van der Waals surface area contributed by atoms with E-state index in [1.807, 2.05) is 18.7 Å². The van der Waals surface area contributed by atoms with Gasteiger partial charge < -0.3 is 15.7 Å². The maximum absolute atomic E-state index is 11.8. The highest BCUT2D eigenvalue weighted by Crippen LogP contribution is 2.12. The number of carboxylic acids is 1. The van der Waals surface area contributed by atoms with Gasteiger partial charge in [-0.25, -0.2) is 9.59 Å². The topological polar surface area (TPSA) is 81.7 Å². The van der Waals surface area contributed by atoms with E-state index in [-0.39, 0.29) is 0 Å². The lowest BCUT2D eigenvalue weighted by Gasteiger charge is -2.28. The van der Waals surface area contributed by atoms with E-state index >= 15 is 0 Å². The smallest absolute Gasteiger partial charge is 0.329 e. The van der Waals surface area contributed by atoms with E-state index in [1.165, 1.54) is 0 Å². The number of hydrogen-bond donors (Lipinski definition) is 3. The van der Waals surface area contributed by atoms with E-state index in [0.29, 0.717) is 19.4 Å². The van der Waals surface area contributed by atoms with Crippen molar-refractivity contribution < 1.29 is 14.7 Å². The first-order chi connectivity index (χ1) is 9.48. The molecule has 2 amide bonds. The van der Waals surface area contributed by atoms with E-state index in [2.05, 4.69) is 15.5 Å². The maximum Gasteiger partial charge on any atom is 0.329 e. The summed E-state index contributed by atoms with van der Waals surface area (Å²) in [7, 11) is 0. The van der Waals surface area contributed by atoms with Crippen LogP contribution in [0.2, 0.25) is 0 Å². The van der Waals surface area contributed by atoms with Crippen molar-refractivity contribution in [1.82, 2.24) is 15.5 Å². The normalized spacial score (nSPS) is 19.1. The molecule has 0 spiro atoms. The number of rotatable bonds is 7. The van der Waals surface area contributed by atoms with Crippen LogP contribution in [0.1, 0.15) is 26.7 Å². The third kappa shape index (κ3) is 5.58. The number of nitrogens with zero attached hydrogens (tertiary/aromatic N) is 1. The molecule has 0 bridgehead atoms. The van der Waals surface area contributed by atoms with Gasteiger partial charge in [0.2, 0.25) is 0 Å². The summed E-state index contributed by atoms with van der Waals surface area (Å²) in [4.78, 5) is 25.3. The fraction of sp³-hybridized carbons (Fsp3) is 0.846. The fourth-order valence-electron chi connectivity index (χ4n) is 2.17. The Morgan fingerprint density at radius 1 is 1.35 bits per heavy atom. The summed E-state index contributed by atoms with van der Waals surface area (Å²) >= 11 is 1.95. The Morgan fingerprint density at radius 3 is 2.55 bits per heavy atom. The lowest BCUT2D eigenvalue weighted by Crippen LogP contribution is -2.55. The highest BCUT2D eigenvalue weighted by Gasteiger charge is 2.33.